The molecule has 1 rings (SSSR count). The first-order valence-corrected chi connectivity index (χ1v) is 6.00. The number of aryl methyl sites for hydroxylation is 1. The average molecular weight is 235 g/mol. The van der Waals surface area contributed by atoms with Gasteiger partial charge in [0, 0.05) is 12.6 Å². The molecular weight excluding hydrogens is 214 g/mol. The third-order valence-electron chi connectivity index (χ3n) is 2.53. The minimum atomic E-state index is -0.0525. The molecule has 0 spiro atoms. The molecule has 0 aliphatic heterocycles. The first-order valence-electron chi connectivity index (χ1n) is 6.00. The third kappa shape index (κ3) is 3.48. The first-order chi connectivity index (χ1) is 7.95. The van der Waals surface area contributed by atoms with Gasteiger partial charge in [0.05, 0.1) is 6.61 Å². The molecule has 1 aromatic rings. The van der Waals surface area contributed by atoms with Crippen LogP contribution in [0.4, 0.5) is 5.69 Å². The standard InChI is InChI=1S/C14H21NO2/c1-6-17-14-10(4)7-12(15-11(5)16)8-13(14)9(2)3/h7-9H,6H2,1-5H3,(H,15,16). The third-order valence-corrected chi connectivity index (χ3v) is 2.53. The van der Waals surface area contributed by atoms with E-state index in [1.54, 1.807) is 0 Å². The zero-order valence-corrected chi connectivity index (χ0v) is 11.3. The number of rotatable bonds is 4. The van der Waals surface area contributed by atoms with Crippen molar-refractivity contribution < 1.29 is 9.53 Å². The molecule has 0 bridgehead atoms. The van der Waals surface area contributed by atoms with Crippen LogP contribution in [0.25, 0.3) is 0 Å². The van der Waals surface area contributed by atoms with Crippen LogP contribution in [-0.4, -0.2) is 12.5 Å². The van der Waals surface area contributed by atoms with Crippen LogP contribution in [0, 0.1) is 6.92 Å². The average Bonchev–Trinajstić information content (AvgIpc) is 2.20. The number of carbonyl (C=O) groups excluding carboxylic acids is 1. The summed E-state index contributed by atoms with van der Waals surface area (Å²) in [4.78, 5) is 11.1. The maximum atomic E-state index is 11.1. The fourth-order valence-electron chi connectivity index (χ4n) is 1.85. The quantitative estimate of drug-likeness (QED) is 0.867. The van der Waals surface area contributed by atoms with Crippen LogP contribution in [0.15, 0.2) is 12.1 Å². The minimum absolute atomic E-state index is 0.0525. The highest BCUT2D eigenvalue weighted by Crippen LogP contribution is 2.33. The summed E-state index contributed by atoms with van der Waals surface area (Å²) in [6, 6.07) is 3.93. The van der Waals surface area contributed by atoms with Gasteiger partial charge in [-0.2, -0.15) is 0 Å². The topological polar surface area (TPSA) is 38.3 Å². The Morgan fingerprint density at radius 1 is 1.41 bits per heavy atom. The van der Waals surface area contributed by atoms with E-state index in [1.807, 2.05) is 26.0 Å². The Morgan fingerprint density at radius 2 is 2.06 bits per heavy atom. The van der Waals surface area contributed by atoms with E-state index in [9.17, 15) is 4.79 Å². The highest BCUT2D eigenvalue weighted by Gasteiger charge is 2.12. The maximum Gasteiger partial charge on any atom is 0.221 e. The summed E-state index contributed by atoms with van der Waals surface area (Å²) in [6.07, 6.45) is 0. The molecule has 3 nitrogen and oxygen atoms in total. The fourth-order valence-corrected chi connectivity index (χ4v) is 1.85. The molecular formula is C14H21NO2. The molecule has 0 aromatic heterocycles. The molecule has 1 amide bonds. The SMILES string of the molecule is CCOc1c(C)cc(NC(C)=O)cc1C(C)C. The van der Waals surface area contributed by atoms with Gasteiger partial charge >= 0.3 is 0 Å². The predicted molar refractivity (Wildman–Crippen MR) is 70.7 cm³/mol. The molecule has 0 saturated carbocycles. The van der Waals surface area contributed by atoms with Crippen molar-refractivity contribution in [2.45, 2.75) is 40.5 Å². The van der Waals surface area contributed by atoms with Crippen molar-refractivity contribution in [1.29, 1.82) is 0 Å². The second-order valence-corrected chi connectivity index (χ2v) is 4.48. The Labute approximate surface area is 103 Å². The lowest BCUT2D eigenvalue weighted by atomic mass is 9.98. The van der Waals surface area contributed by atoms with Crippen molar-refractivity contribution in [3.63, 3.8) is 0 Å². The Hall–Kier alpha value is -1.51. The predicted octanol–water partition coefficient (Wildman–Crippen LogP) is 3.48. The molecule has 0 saturated heterocycles. The number of carbonyl (C=O) groups is 1. The number of benzene rings is 1. The van der Waals surface area contributed by atoms with E-state index < -0.39 is 0 Å². The summed E-state index contributed by atoms with van der Waals surface area (Å²) in [5.74, 6) is 1.25. The molecule has 1 N–H and O–H groups in total. The second-order valence-electron chi connectivity index (χ2n) is 4.48. The van der Waals surface area contributed by atoms with Crippen molar-refractivity contribution in [3.8, 4) is 5.75 Å². The van der Waals surface area contributed by atoms with Gasteiger partial charge in [-0.05, 0) is 43.0 Å². The zero-order valence-electron chi connectivity index (χ0n) is 11.3. The minimum Gasteiger partial charge on any atom is -0.493 e. The van der Waals surface area contributed by atoms with Crippen LogP contribution >= 0.6 is 0 Å². The highest BCUT2D eigenvalue weighted by molar-refractivity contribution is 5.89. The van der Waals surface area contributed by atoms with Gasteiger partial charge in [-0.25, -0.2) is 0 Å². The lowest BCUT2D eigenvalue weighted by molar-refractivity contribution is -0.114. The summed E-state index contributed by atoms with van der Waals surface area (Å²) < 4.78 is 5.68. The Balaban J connectivity index is 3.20. The van der Waals surface area contributed by atoms with Crippen LogP contribution < -0.4 is 10.1 Å². The smallest absolute Gasteiger partial charge is 0.221 e. The van der Waals surface area contributed by atoms with Crippen LogP contribution in [0.3, 0.4) is 0 Å². The van der Waals surface area contributed by atoms with Crippen molar-refractivity contribution >= 4 is 11.6 Å². The molecule has 0 aliphatic carbocycles. The molecule has 0 fully saturated rings. The van der Waals surface area contributed by atoms with Gasteiger partial charge in [-0.3, -0.25) is 4.79 Å². The number of amides is 1. The number of hydrogen-bond acceptors (Lipinski definition) is 2. The van der Waals surface area contributed by atoms with Gasteiger partial charge in [0.2, 0.25) is 5.91 Å². The van der Waals surface area contributed by atoms with Gasteiger partial charge in [-0.15, -0.1) is 0 Å². The van der Waals surface area contributed by atoms with E-state index in [0.717, 1.165) is 22.6 Å². The van der Waals surface area contributed by atoms with E-state index in [-0.39, 0.29) is 5.91 Å². The van der Waals surface area contributed by atoms with Gasteiger partial charge < -0.3 is 10.1 Å². The van der Waals surface area contributed by atoms with Gasteiger partial charge in [0.25, 0.3) is 0 Å². The molecule has 0 aliphatic rings. The fraction of sp³-hybridized carbons (Fsp3) is 0.500. The number of nitrogens with one attached hydrogen (secondary N) is 1. The molecule has 17 heavy (non-hydrogen) atoms. The zero-order chi connectivity index (χ0) is 13.0. The molecule has 0 heterocycles. The Morgan fingerprint density at radius 3 is 2.53 bits per heavy atom. The highest BCUT2D eigenvalue weighted by atomic mass is 16.5. The summed E-state index contributed by atoms with van der Waals surface area (Å²) in [5, 5.41) is 2.82. The lowest BCUT2D eigenvalue weighted by Gasteiger charge is -2.17. The van der Waals surface area contributed by atoms with Gasteiger partial charge in [0.1, 0.15) is 5.75 Å². The molecule has 0 atom stereocenters. The number of ether oxygens (including phenoxy) is 1. The normalized spacial score (nSPS) is 10.5. The van der Waals surface area contributed by atoms with Crippen LogP contribution in [-0.2, 0) is 4.79 Å². The van der Waals surface area contributed by atoms with Crippen molar-refractivity contribution in [1.82, 2.24) is 0 Å². The van der Waals surface area contributed by atoms with Crippen LogP contribution in [0.5, 0.6) is 5.75 Å². The number of hydrogen-bond donors (Lipinski definition) is 1. The van der Waals surface area contributed by atoms with E-state index in [0.29, 0.717) is 12.5 Å². The maximum absolute atomic E-state index is 11.1. The molecule has 94 valence electrons. The van der Waals surface area contributed by atoms with E-state index >= 15 is 0 Å². The van der Waals surface area contributed by atoms with E-state index in [4.69, 9.17) is 4.74 Å². The van der Waals surface area contributed by atoms with E-state index in [1.165, 1.54) is 6.92 Å². The summed E-state index contributed by atoms with van der Waals surface area (Å²) >= 11 is 0. The van der Waals surface area contributed by atoms with Gasteiger partial charge in [-0.1, -0.05) is 13.8 Å². The largest absolute Gasteiger partial charge is 0.493 e. The molecule has 3 heteroatoms. The summed E-state index contributed by atoms with van der Waals surface area (Å²) in [5.41, 5.74) is 3.03. The van der Waals surface area contributed by atoms with Gasteiger partial charge in [0.15, 0.2) is 0 Å². The monoisotopic (exact) mass is 235 g/mol. The molecule has 0 unspecified atom stereocenters. The second kappa shape index (κ2) is 5.71. The van der Waals surface area contributed by atoms with Crippen LogP contribution in [0.1, 0.15) is 44.7 Å². The van der Waals surface area contributed by atoms with E-state index in [2.05, 4.69) is 19.2 Å². The summed E-state index contributed by atoms with van der Waals surface area (Å²) in [6.45, 7) is 10.4. The van der Waals surface area contributed by atoms with Crippen molar-refractivity contribution in [3.05, 3.63) is 23.3 Å². The Bertz CT molecular complexity index is 411. The van der Waals surface area contributed by atoms with Crippen molar-refractivity contribution in [2.75, 3.05) is 11.9 Å². The molecule has 0 radical (unpaired) electrons. The summed E-state index contributed by atoms with van der Waals surface area (Å²) in [7, 11) is 0. The first kappa shape index (κ1) is 13.6. The number of anilines is 1. The Kier molecular flexibility index (Phi) is 4.55. The molecule has 1 aromatic carbocycles. The van der Waals surface area contributed by atoms with Crippen LogP contribution in [0.2, 0.25) is 0 Å². The van der Waals surface area contributed by atoms with Crippen molar-refractivity contribution in [2.24, 2.45) is 0 Å². The lowest BCUT2D eigenvalue weighted by Crippen LogP contribution is -2.08.